The zero-order valence-electron chi connectivity index (χ0n) is 24.6. The molecule has 6 heteroatoms. The first kappa shape index (κ1) is 31.4. The van der Waals surface area contributed by atoms with E-state index in [0.29, 0.717) is 0 Å². The first-order valence-electron chi connectivity index (χ1n) is 15.3. The summed E-state index contributed by atoms with van der Waals surface area (Å²) in [7, 11) is 0. The van der Waals surface area contributed by atoms with Crippen LogP contribution in [0.4, 0.5) is 16.2 Å². The van der Waals surface area contributed by atoms with Gasteiger partial charge >= 0.3 is 6.03 Å². The number of hydrogen-bond donors (Lipinski definition) is 2. The van der Waals surface area contributed by atoms with Gasteiger partial charge in [-0.05, 0) is 65.1 Å². The van der Waals surface area contributed by atoms with Crippen LogP contribution in [0.2, 0.25) is 0 Å². The van der Waals surface area contributed by atoms with Crippen LogP contribution in [0.15, 0.2) is 66.7 Å². The average molecular weight is 591 g/mol. The van der Waals surface area contributed by atoms with Crippen LogP contribution in [0.25, 0.3) is 0 Å². The second-order valence-electron chi connectivity index (χ2n) is 11.0. The van der Waals surface area contributed by atoms with Crippen molar-refractivity contribution in [2.45, 2.75) is 94.1 Å². The highest BCUT2D eigenvalue weighted by atomic mass is 32.2. The highest BCUT2D eigenvalue weighted by Gasteiger charge is 2.10. The fraction of sp³-hybridized carbons (Fsp3) is 0.457. The van der Waals surface area contributed by atoms with Gasteiger partial charge in [-0.15, -0.1) is 0 Å². The van der Waals surface area contributed by atoms with Gasteiger partial charge in [0, 0.05) is 34.4 Å². The van der Waals surface area contributed by atoms with Gasteiger partial charge in [0.25, 0.3) is 0 Å². The minimum Gasteiger partial charge on any atom is -0.494 e. The number of hydrogen-bond acceptors (Lipinski definition) is 4. The second kappa shape index (κ2) is 18.1. The van der Waals surface area contributed by atoms with E-state index in [9.17, 15) is 4.79 Å². The summed E-state index contributed by atoms with van der Waals surface area (Å²) in [4.78, 5) is 12.6. The molecule has 1 heterocycles. The third-order valence-corrected chi connectivity index (χ3v) is 9.36. The molecule has 0 saturated carbocycles. The van der Waals surface area contributed by atoms with Crippen LogP contribution in [-0.2, 0) is 23.0 Å². The van der Waals surface area contributed by atoms with Gasteiger partial charge in [-0.2, -0.15) is 23.5 Å². The molecular formula is C35H46N2O2S2. The van der Waals surface area contributed by atoms with Crippen molar-refractivity contribution in [2.75, 3.05) is 17.2 Å². The molecule has 1 aliphatic heterocycles. The molecule has 0 aliphatic carbocycles. The Morgan fingerprint density at radius 1 is 0.634 bits per heavy atom. The molecule has 0 fully saturated rings. The molecule has 0 saturated heterocycles. The molecule has 0 radical (unpaired) electrons. The summed E-state index contributed by atoms with van der Waals surface area (Å²) in [6.45, 7) is 3.08. The highest BCUT2D eigenvalue weighted by molar-refractivity contribution is 7.98. The SMILES string of the molecule is CCCCCCCCCCCCOc1cc2cc(c1)CSCc1cc(cc(NC(=O)Nc3ccccc3)c1)CSC2. The summed E-state index contributed by atoms with van der Waals surface area (Å²) in [6, 6.07) is 22.6. The lowest BCUT2D eigenvalue weighted by Gasteiger charge is -2.15. The van der Waals surface area contributed by atoms with E-state index in [1.165, 1.54) is 80.0 Å². The number of urea groups is 1. The zero-order chi connectivity index (χ0) is 28.5. The summed E-state index contributed by atoms with van der Waals surface area (Å²) in [5.74, 6) is 4.68. The summed E-state index contributed by atoms with van der Waals surface area (Å²) in [6.07, 6.45) is 13.4. The minimum absolute atomic E-state index is 0.221. The monoisotopic (exact) mass is 590 g/mol. The summed E-state index contributed by atoms with van der Waals surface area (Å²) >= 11 is 3.81. The Balaban J connectivity index is 1.24. The van der Waals surface area contributed by atoms with Gasteiger partial charge in [-0.3, -0.25) is 0 Å². The van der Waals surface area contributed by atoms with E-state index < -0.39 is 0 Å². The third kappa shape index (κ3) is 12.1. The Labute approximate surface area is 255 Å². The van der Waals surface area contributed by atoms with Crippen molar-refractivity contribution in [1.82, 2.24) is 0 Å². The Kier molecular flexibility index (Phi) is 13.8. The number of fused-ring (bicyclic) bond motifs is 4. The van der Waals surface area contributed by atoms with Gasteiger partial charge in [0.15, 0.2) is 0 Å². The Morgan fingerprint density at radius 3 is 1.68 bits per heavy atom. The maximum Gasteiger partial charge on any atom is 0.323 e. The van der Waals surface area contributed by atoms with Crippen molar-refractivity contribution in [3.8, 4) is 5.75 Å². The van der Waals surface area contributed by atoms with Crippen LogP contribution in [0.5, 0.6) is 5.75 Å². The molecule has 0 atom stereocenters. The van der Waals surface area contributed by atoms with E-state index in [4.69, 9.17) is 4.74 Å². The van der Waals surface area contributed by atoms with Crippen molar-refractivity contribution >= 4 is 40.9 Å². The zero-order valence-corrected chi connectivity index (χ0v) is 26.2. The number of amides is 2. The number of para-hydroxylation sites is 1. The van der Waals surface area contributed by atoms with E-state index >= 15 is 0 Å². The lowest BCUT2D eigenvalue weighted by Crippen LogP contribution is -2.19. The predicted octanol–water partition coefficient (Wildman–Crippen LogP) is 10.8. The van der Waals surface area contributed by atoms with Crippen molar-refractivity contribution in [1.29, 1.82) is 0 Å². The van der Waals surface area contributed by atoms with Crippen LogP contribution < -0.4 is 15.4 Å². The summed E-state index contributed by atoms with van der Waals surface area (Å²) in [5.41, 5.74) is 6.73. The molecule has 0 unspecified atom stereocenters. The highest BCUT2D eigenvalue weighted by Crippen LogP contribution is 2.30. The predicted molar refractivity (Wildman–Crippen MR) is 179 cm³/mol. The topological polar surface area (TPSA) is 50.4 Å². The Bertz CT molecular complexity index is 1160. The lowest BCUT2D eigenvalue weighted by molar-refractivity contribution is 0.262. The van der Waals surface area contributed by atoms with Gasteiger partial charge in [-0.1, -0.05) is 95.0 Å². The van der Waals surface area contributed by atoms with E-state index in [1.807, 2.05) is 53.9 Å². The number of thioether (sulfide) groups is 2. The molecule has 41 heavy (non-hydrogen) atoms. The van der Waals surface area contributed by atoms with Crippen LogP contribution in [0.3, 0.4) is 0 Å². The number of nitrogens with one attached hydrogen (secondary N) is 2. The molecule has 0 spiro atoms. The standard InChI is InChI=1S/C35H46N2O2S2/c1-2-3-4-5-6-7-8-9-10-14-17-39-34-22-30-19-31(23-34)27-41-25-29-18-28(24-40-26-30)20-33(21-29)37-35(38)36-32-15-12-11-13-16-32/h11-13,15-16,18-23H,2-10,14,17,24-27H2,1H3,(H2,36,37,38). The van der Waals surface area contributed by atoms with Crippen LogP contribution in [0, 0.1) is 0 Å². The fourth-order valence-corrected chi connectivity index (χ4v) is 6.96. The Morgan fingerprint density at radius 2 is 1.12 bits per heavy atom. The molecule has 2 amide bonds. The molecule has 4 rings (SSSR count). The number of benzene rings is 3. The fourth-order valence-electron chi connectivity index (χ4n) is 5.15. The molecule has 1 aliphatic rings. The maximum absolute atomic E-state index is 12.6. The van der Waals surface area contributed by atoms with E-state index in [2.05, 4.69) is 54.0 Å². The van der Waals surface area contributed by atoms with Gasteiger partial charge in [-0.25, -0.2) is 4.79 Å². The summed E-state index contributed by atoms with van der Waals surface area (Å²) in [5, 5.41) is 5.94. The summed E-state index contributed by atoms with van der Waals surface area (Å²) < 4.78 is 6.23. The van der Waals surface area contributed by atoms with Crippen LogP contribution in [-0.4, -0.2) is 12.6 Å². The largest absolute Gasteiger partial charge is 0.494 e. The van der Waals surface area contributed by atoms with Gasteiger partial charge in [0.05, 0.1) is 6.61 Å². The van der Waals surface area contributed by atoms with E-state index in [1.54, 1.807) is 0 Å². The van der Waals surface area contributed by atoms with Crippen LogP contribution in [0.1, 0.15) is 93.4 Å². The van der Waals surface area contributed by atoms with Crippen LogP contribution >= 0.6 is 23.5 Å². The van der Waals surface area contributed by atoms with E-state index in [-0.39, 0.29) is 6.03 Å². The molecular weight excluding hydrogens is 545 g/mol. The van der Waals surface area contributed by atoms with Crippen molar-refractivity contribution in [2.24, 2.45) is 0 Å². The molecule has 4 nitrogen and oxygen atoms in total. The number of carbonyl (C=O) groups excluding carboxylic acids is 1. The number of unbranched alkanes of at least 4 members (excludes halogenated alkanes) is 9. The van der Waals surface area contributed by atoms with Crippen molar-refractivity contribution in [3.05, 3.63) is 89.0 Å². The Hall–Kier alpha value is -2.57. The first-order chi connectivity index (χ1) is 20.2. The number of anilines is 2. The first-order valence-corrected chi connectivity index (χ1v) is 17.7. The maximum atomic E-state index is 12.6. The quantitative estimate of drug-likeness (QED) is 0.183. The number of carbonyl (C=O) groups is 1. The molecule has 3 aromatic carbocycles. The molecule has 0 aromatic heterocycles. The molecule has 3 aromatic rings. The third-order valence-electron chi connectivity index (χ3n) is 7.21. The van der Waals surface area contributed by atoms with Crippen molar-refractivity contribution in [3.63, 3.8) is 0 Å². The van der Waals surface area contributed by atoms with Gasteiger partial charge in [0.1, 0.15) is 5.75 Å². The van der Waals surface area contributed by atoms with E-state index in [0.717, 1.165) is 53.2 Å². The molecule has 220 valence electrons. The number of ether oxygens (including phenoxy) is 1. The smallest absolute Gasteiger partial charge is 0.323 e. The molecule has 2 N–H and O–H groups in total. The lowest BCUT2D eigenvalue weighted by atomic mass is 10.1. The normalized spacial score (nSPS) is 13.1. The van der Waals surface area contributed by atoms with Crippen molar-refractivity contribution < 1.29 is 9.53 Å². The second-order valence-corrected chi connectivity index (χ2v) is 13.0. The average Bonchev–Trinajstić information content (AvgIpc) is 2.96. The molecule has 4 bridgehead atoms. The number of rotatable bonds is 14. The van der Waals surface area contributed by atoms with Gasteiger partial charge in [0.2, 0.25) is 0 Å². The van der Waals surface area contributed by atoms with Gasteiger partial charge < -0.3 is 15.4 Å². The minimum atomic E-state index is -0.221.